The SMILES string of the molecule is COC(C)C(=O)NCC1CCOC1C. The third-order valence-corrected chi connectivity index (χ3v) is 2.79. The zero-order valence-corrected chi connectivity index (χ0v) is 9.08. The van der Waals surface area contributed by atoms with Crippen LogP contribution in [0.4, 0.5) is 0 Å². The first kappa shape index (κ1) is 11.5. The van der Waals surface area contributed by atoms with E-state index in [0.717, 1.165) is 13.0 Å². The molecule has 0 bridgehead atoms. The minimum absolute atomic E-state index is 0.0494. The van der Waals surface area contributed by atoms with Gasteiger partial charge in [-0.3, -0.25) is 4.79 Å². The third-order valence-electron chi connectivity index (χ3n) is 2.79. The summed E-state index contributed by atoms with van der Waals surface area (Å²) in [5, 5.41) is 2.86. The molecule has 1 fully saturated rings. The summed E-state index contributed by atoms with van der Waals surface area (Å²) in [6.07, 6.45) is 0.920. The van der Waals surface area contributed by atoms with Gasteiger partial charge in [0.15, 0.2) is 0 Å². The molecule has 1 heterocycles. The van der Waals surface area contributed by atoms with Crippen molar-refractivity contribution >= 4 is 5.91 Å². The first-order valence-corrected chi connectivity index (χ1v) is 5.07. The summed E-state index contributed by atoms with van der Waals surface area (Å²) >= 11 is 0. The maximum Gasteiger partial charge on any atom is 0.248 e. The minimum Gasteiger partial charge on any atom is -0.378 e. The lowest BCUT2D eigenvalue weighted by molar-refractivity contribution is -0.130. The molecule has 1 aliphatic rings. The molecule has 1 aliphatic heterocycles. The Hall–Kier alpha value is -0.610. The molecule has 3 unspecified atom stereocenters. The van der Waals surface area contributed by atoms with Crippen LogP contribution in [0.25, 0.3) is 0 Å². The molecule has 0 aliphatic carbocycles. The van der Waals surface area contributed by atoms with Crippen LogP contribution in [-0.4, -0.2) is 38.4 Å². The summed E-state index contributed by atoms with van der Waals surface area (Å²) in [5.41, 5.74) is 0. The highest BCUT2D eigenvalue weighted by Gasteiger charge is 2.25. The van der Waals surface area contributed by atoms with Crippen molar-refractivity contribution < 1.29 is 14.3 Å². The number of hydrogen-bond donors (Lipinski definition) is 1. The number of ether oxygens (including phenoxy) is 2. The van der Waals surface area contributed by atoms with Gasteiger partial charge in [-0.25, -0.2) is 0 Å². The van der Waals surface area contributed by atoms with E-state index in [4.69, 9.17) is 9.47 Å². The van der Waals surface area contributed by atoms with E-state index in [0.29, 0.717) is 12.5 Å². The van der Waals surface area contributed by atoms with Crippen LogP contribution in [-0.2, 0) is 14.3 Å². The van der Waals surface area contributed by atoms with Crippen LogP contribution in [0, 0.1) is 5.92 Å². The standard InChI is InChI=1S/C10H19NO3/c1-7-9(4-5-14-7)6-11-10(12)8(2)13-3/h7-9H,4-6H2,1-3H3,(H,11,12). The Labute approximate surface area is 85.0 Å². The summed E-state index contributed by atoms with van der Waals surface area (Å²) in [7, 11) is 1.53. The lowest BCUT2D eigenvalue weighted by atomic mass is 10.0. The van der Waals surface area contributed by atoms with Gasteiger partial charge >= 0.3 is 0 Å². The Morgan fingerprint density at radius 2 is 2.43 bits per heavy atom. The van der Waals surface area contributed by atoms with E-state index in [-0.39, 0.29) is 18.1 Å². The van der Waals surface area contributed by atoms with E-state index in [9.17, 15) is 4.79 Å². The smallest absolute Gasteiger partial charge is 0.248 e. The van der Waals surface area contributed by atoms with Gasteiger partial charge in [-0.2, -0.15) is 0 Å². The van der Waals surface area contributed by atoms with Crippen LogP contribution >= 0.6 is 0 Å². The number of carbonyl (C=O) groups excluding carboxylic acids is 1. The lowest BCUT2D eigenvalue weighted by Gasteiger charge is -2.16. The molecule has 0 saturated carbocycles. The van der Waals surface area contributed by atoms with Crippen molar-refractivity contribution in [2.45, 2.75) is 32.5 Å². The highest BCUT2D eigenvalue weighted by molar-refractivity contribution is 5.80. The fraction of sp³-hybridized carbons (Fsp3) is 0.900. The second-order valence-corrected chi connectivity index (χ2v) is 3.75. The van der Waals surface area contributed by atoms with Crippen molar-refractivity contribution in [1.29, 1.82) is 0 Å². The second kappa shape index (κ2) is 5.32. The van der Waals surface area contributed by atoms with Gasteiger partial charge in [0, 0.05) is 26.2 Å². The Kier molecular flexibility index (Phi) is 4.35. The topological polar surface area (TPSA) is 47.6 Å². The predicted molar refractivity (Wildman–Crippen MR) is 53.0 cm³/mol. The molecule has 0 aromatic carbocycles. The van der Waals surface area contributed by atoms with Crippen molar-refractivity contribution in [3.8, 4) is 0 Å². The first-order chi connectivity index (χ1) is 6.65. The number of nitrogens with one attached hydrogen (secondary N) is 1. The van der Waals surface area contributed by atoms with E-state index in [2.05, 4.69) is 5.32 Å². The van der Waals surface area contributed by atoms with Crippen LogP contribution in [0.5, 0.6) is 0 Å². The largest absolute Gasteiger partial charge is 0.378 e. The van der Waals surface area contributed by atoms with Crippen LogP contribution in [0.15, 0.2) is 0 Å². The molecule has 1 saturated heterocycles. The van der Waals surface area contributed by atoms with Crippen LogP contribution in [0.3, 0.4) is 0 Å². The maximum atomic E-state index is 11.4. The van der Waals surface area contributed by atoms with Crippen LogP contribution in [0.1, 0.15) is 20.3 Å². The molecule has 1 N–H and O–H groups in total. The molecule has 1 rings (SSSR count). The predicted octanol–water partition coefficient (Wildman–Crippen LogP) is 0.562. The van der Waals surface area contributed by atoms with Gasteiger partial charge in [-0.1, -0.05) is 0 Å². The van der Waals surface area contributed by atoms with Gasteiger partial charge < -0.3 is 14.8 Å². The average molecular weight is 201 g/mol. The number of rotatable bonds is 4. The second-order valence-electron chi connectivity index (χ2n) is 3.75. The van der Waals surface area contributed by atoms with Crippen molar-refractivity contribution in [2.75, 3.05) is 20.3 Å². The molecule has 0 radical (unpaired) electrons. The van der Waals surface area contributed by atoms with E-state index in [1.54, 1.807) is 6.92 Å². The summed E-state index contributed by atoms with van der Waals surface area (Å²) in [5.74, 6) is 0.398. The van der Waals surface area contributed by atoms with Crippen molar-refractivity contribution in [2.24, 2.45) is 5.92 Å². The van der Waals surface area contributed by atoms with Crippen molar-refractivity contribution in [1.82, 2.24) is 5.32 Å². The quantitative estimate of drug-likeness (QED) is 0.723. The summed E-state index contributed by atoms with van der Waals surface area (Å²) in [6, 6.07) is 0. The van der Waals surface area contributed by atoms with Gasteiger partial charge in [0.2, 0.25) is 5.91 Å². The Morgan fingerprint density at radius 3 is 2.93 bits per heavy atom. The molecule has 14 heavy (non-hydrogen) atoms. The van der Waals surface area contributed by atoms with Gasteiger partial charge in [0.1, 0.15) is 6.10 Å². The molecule has 4 heteroatoms. The molecule has 3 atom stereocenters. The molecular formula is C10H19NO3. The molecule has 82 valence electrons. The third kappa shape index (κ3) is 2.96. The van der Waals surface area contributed by atoms with Gasteiger partial charge in [0.25, 0.3) is 0 Å². The van der Waals surface area contributed by atoms with Crippen molar-refractivity contribution in [3.63, 3.8) is 0 Å². The first-order valence-electron chi connectivity index (χ1n) is 5.07. The van der Waals surface area contributed by atoms with E-state index in [1.165, 1.54) is 7.11 Å². The molecule has 0 aromatic rings. The maximum absolute atomic E-state index is 11.4. The lowest BCUT2D eigenvalue weighted by Crippen LogP contribution is -2.38. The summed E-state index contributed by atoms with van der Waals surface area (Å²) in [6.45, 7) is 5.28. The monoisotopic (exact) mass is 201 g/mol. The average Bonchev–Trinajstić information content (AvgIpc) is 2.59. The normalized spacial score (nSPS) is 28.8. The van der Waals surface area contributed by atoms with Gasteiger partial charge in [-0.05, 0) is 20.3 Å². The summed E-state index contributed by atoms with van der Waals surface area (Å²) in [4.78, 5) is 11.4. The summed E-state index contributed by atoms with van der Waals surface area (Å²) < 4.78 is 10.3. The van der Waals surface area contributed by atoms with Crippen molar-refractivity contribution in [3.05, 3.63) is 0 Å². The number of hydrogen-bond acceptors (Lipinski definition) is 3. The Bertz CT molecular complexity index is 196. The zero-order chi connectivity index (χ0) is 10.6. The van der Waals surface area contributed by atoms with E-state index in [1.807, 2.05) is 6.92 Å². The molecule has 0 aromatic heterocycles. The number of amides is 1. The minimum atomic E-state index is -0.368. The Balaban J connectivity index is 2.22. The van der Waals surface area contributed by atoms with Gasteiger partial charge in [-0.15, -0.1) is 0 Å². The van der Waals surface area contributed by atoms with Crippen LogP contribution < -0.4 is 5.32 Å². The van der Waals surface area contributed by atoms with E-state index < -0.39 is 0 Å². The number of carbonyl (C=O) groups is 1. The fourth-order valence-electron chi connectivity index (χ4n) is 1.53. The molecule has 1 amide bonds. The number of methoxy groups -OCH3 is 1. The molecule has 0 spiro atoms. The zero-order valence-electron chi connectivity index (χ0n) is 9.08. The van der Waals surface area contributed by atoms with Crippen LogP contribution in [0.2, 0.25) is 0 Å². The van der Waals surface area contributed by atoms with E-state index >= 15 is 0 Å². The van der Waals surface area contributed by atoms with Gasteiger partial charge in [0.05, 0.1) is 6.10 Å². The molecular weight excluding hydrogens is 182 g/mol. The highest BCUT2D eigenvalue weighted by Crippen LogP contribution is 2.19. The highest BCUT2D eigenvalue weighted by atomic mass is 16.5. The Morgan fingerprint density at radius 1 is 1.71 bits per heavy atom. The fourth-order valence-corrected chi connectivity index (χ4v) is 1.53. The molecule has 4 nitrogen and oxygen atoms in total.